The van der Waals surface area contributed by atoms with Gasteiger partial charge in [0.05, 0.1) is 5.56 Å². The van der Waals surface area contributed by atoms with Gasteiger partial charge in [-0.25, -0.2) is 0 Å². The van der Waals surface area contributed by atoms with Crippen molar-refractivity contribution in [2.24, 2.45) is 5.92 Å². The van der Waals surface area contributed by atoms with E-state index >= 15 is 0 Å². The number of likely N-dealkylation sites (tertiary alicyclic amines) is 1. The summed E-state index contributed by atoms with van der Waals surface area (Å²) in [6.07, 6.45) is 0.109. The average Bonchev–Trinajstić information content (AvgIpc) is 3.14. The number of alkyl halides is 3. The zero-order valence-corrected chi connectivity index (χ0v) is 15.4. The minimum absolute atomic E-state index is 0.0465. The van der Waals surface area contributed by atoms with Crippen LogP contribution in [0.4, 0.5) is 13.2 Å². The van der Waals surface area contributed by atoms with Crippen molar-refractivity contribution in [3.63, 3.8) is 0 Å². The van der Waals surface area contributed by atoms with E-state index in [1.807, 2.05) is 11.8 Å². The maximum atomic E-state index is 13.1. The molecule has 4 nitrogen and oxygen atoms in total. The highest BCUT2D eigenvalue weighted by Crippen LogP contribution is 2.33. The summed E-state index contributed by atoms with van der Waals surface area (Å²) >= 11 is 0. The Kier molecular flexibility index (Phi) is 5.87. The van der Waals surface area contributed by atoms with Crippen LogP contribution in [0.15, 0.2) is 36.5 Å². The Morgan fingerprint density at radius 2 is 2.04 bits per heavy atom. The van der Waals surface area contributed by atoms with Crippen molar-refractivity contribution in [3.05, 3.63) is 53.3 Å². The van der Waals surface area contributed by atoms with Crippen LogP contribution in [0, 0.1) is 5.92 Å². The van der Waals surface area contributed by atoms with Gasteiger partial charge in [-0.3, -0.25) is 9.48 Å². The van der Waals surface area contributed by atoms with Crippen LogP contribution in [0.5, 0.6) is 0 Å². The van der Waals surface area contributed by atoms with Gasteiger partial charge in [0, 0.05) is 25.8 Å². The fraction of sp³-hybridized carbons (Fsp3) is 0.500. The van der Waals surface area contributed by atoms with Crippen molar-refractivity contribution in [3.8, 4) is 0 Å². The van der Waals surface area contributed by atoms with Crippen molar-refractivity contribution >= 4 is 5.91 Å². The van der Waals surface area contributed by atoms with E-state index in [0.717, 1.165) is 18.9 Å². The predicted octanol–water partition coefficient (Wildman–Crippen LogP) is 4.41. The van der Waals surface area contributed by atoms with Crippen molar-refractivity contribution < 1.29 is 18.0 Å². The first-order valence-electron chi connectivity index (χ1n) is 9.36. The zero-order valence-electron chi connectivity index (χ0n) is 15.4. The number of carbonyl (C=O) groups excluding carboxylic acids is 1. The van der Waals surface area contributed by atoms with Gasteiger partial charge in [0.2, 0.25) is 0 Å². The third-order valence-corrected chi connectivity index (χ3v) is 5.19. The molecule has 1 fully saturated rings. The molecule has 2 heterocycles. The number of aromatic nitrogens is 2. The lowest BCUT2D eigenvalue weighted by Crippen LogP contribution is -2.40. The Labute approximate surface area is 157 Å². The molecule has 1 unspecified atom stereocenters. The van der Waals surface area contributed by atoms with Crippen molar-refractivity contribution in [1.82, 2.24) is 14.7 Å². The highest BCUT2D eigenvalue weighted by Gasteiger charge is 2.33. The van der Waals surface area contributed by atoms with E-state index < -0.39 is 11.7 Å². The molecular formula is C20H24F3N3O. The zero-order chi connectivity index (χ0) is 19.4. The van der Waals surface area contributed by atoms with Gasteiger partial charge in [-0.15, -0.1) is 0 Å². The molecule has 0 N–H and O–H groups in total. The summed E-state index contributed by atoms with van der Waals surface area (Å²) in [5, 5.41) is 4.14. The molecule has 1 atom stereocenters. The third kappa shape index (κ3) is 4.51. The quantitative estimate of drug-likeness (QED) is 0.772. The predicted molar refractivity (Wildman–Crippen MR) is 96.3 cm³/mol. The molecule has 1 aromatic heterocycles. The van der Waals surface area contributed by atoms with Crippen LogP contribution in [0.25, 0.3) is 0 Å². The Morgan fingerprint density at radius 3 is 2.78 bits per heavy atom. The topological polar surface area (TPSA) is 38.1 Å². The molecule has 0 bridgehead atoms. The van der Waals surface area contributed by atoms with E-state index in [1.165, 1.54) is 6.07 Å². The van der Waals surface area contributed by atoms with Crippen LogP contribution in [-0.4, -0.2) is 33.7 Å². The number of hydrogen-bond donors (Lipinski definition) is 0. The highest BCUT2D eigenvalue weighted by molar-refractivity contribution is 5.92. The molecule has 27 heavy (non-hydrogen) atoms. The first-order valence-corrected chi connectivity index (χ1v) is 9.36. The van der Waals surface area contributed by atoms with E-state index in [1.54, 1.807) is 29.1 Å². The molecule has 0 radical (unpaired) electrons. The van der Waals surface area contributed by atoms with E-state index in [4.69, 9.17) is 0 Å². The van der Waals surface area contributed by atoms with Crippen molar-refractivity contribution in [2.45, 2.75) is 45.3 Å². The van der Waals surface area contributed by atoms with Gasteiger partial charge in [0.15, 0.2) is 0 Å². The van der Waals surface area contributed by atoms with Gasteiger partial charge >= 0.3 is 6.18 Å². The molecule has 146 valence electrons. The van der Waals surface area contributed by atoms with Crippen LogP contribution in [0.1, 0.15) is 47.8 Å². The summed E-state index contributed by atoms with van der Waals surface area (Å²) in [5.74, 6) is 0.164. The van der Waals surface area contributed by atoms with Crippen molar-refractivity contribution in [2.75, 3.05) is 13.1 Å². The molecule has 1 aromatic carbocycles. The van der Waals surface area contributed by atoms with E-state index in [9.17, 15) is 18.0 Å². The van der Waals surface area contributed by atoms with E-state index in [2.05, 4.69) is 5.10 Å². The molecule has 7 heteroatoms. The van der Waals surface area contributed by atoms with Crippen molar-refractivity contribution in [1.29, 1.82) is 0 Å². The molecule has 1 amide bonds. The number of aryl methyl sites for hydroxylation is 2. The van der Waals surface area contributed by atoms with Crippen LogP contribution < -0.4 is 0 Å². The molecule has 0 aliphatic carbocycles. The van der Waals surface area contributed by atoms with Gasteiger partial charge in [0.1, 0.15) is 5.69 Å². The first kappa shape index (κ1) is 19.5. The Hall–Kier alpha value is -2.31. The number of carbonyl (C=O) groups is 1. The standard InChI is InChI=1S/C20H24F3N3O/c1-2-26-18(11-12-24-26)19(27)25-13-5-6-15(14-25)9-10-16-7-3-4-8-17(16)20(21,22)23/h3-4,7-8,11-12,15H,2,5-6,9-10,13-14H2,1H3. The number of amides is 1. The summed E-state index contributed by atoms with van der Waals surface area (Å²) < 4.78 is 41.1. The Bertz CT molecular complexity index is 785. The highest BCUT2D eigenvalue weighted by atomic mass is 19.4. The lowest BCUT2D eigenvalue weighted by molar-refractivity contribution is -0.138. The van der Waals surface area contributed by atoms with Gasteiger partial charge in [-0.1, -0.05) is 18.2 Å². The fourth-order valence-electron chi connectivity index (χ4n) is 3.79. The lowest BCUT2D eigenvalue weighted by Gasteiger charge is -2.33. The summed E-state index contributed by atoms with van der Waals surface area (Å²) in [5.41, 5.74) is 0.346. The molecule has 2 aromatic rings. The average molecular weight is 379 g/mol. The summed E-state index contributed by atoms with van der Waals surface area (Å²) in [6.45, 7) is 3.83. The minimum Gasteiger partial charge on any atom is -0.337 e. The number of nitrogens with zero attached hydrogens (tertiary/aromatic N) is 3. The van der Waals surface area contributed by atoms with Crippen LogP contribution >= 0.6 is 0 Å². The first-order chi connectivity index (χ1) is 12.9. The largest absolute Gasteiger partial charge is 0.416 e. The SMILES string of the molecule is CCn1nccc1C(=O)N1CCCC(CCc2ccccc2C(F)(F)F)C1. The van der Waals surface area contributed by atoms with Crippen LogP contribution in [0.3, 0.4) is 0 Å². The molecule has 1 aliphatic rings. The number of halogens is 3. The molecule has 1 saturated heterocycles. The van der Waals surface area contributed by atoms with E-state index in [-0.39, 0.29) is 11.8 Å². The lowest BCUT2D eigenvalue weighted by atomic mass is 9.90. The smallest absolute Gasteiger partial charge is 0.337 e. The second-order valence-corrected chi connectivity index (χ2v) is 6.99. The summed E-state index contributed by atoms with van der Waals surface area (Å²) in [6, 6.07) is 7.47. The molecule has 1 aliphatic heterocycles. The monoisotopic (exact) mass is 379 g/mol. The normalized spacial score (nSPS) is 17.9. The Balaban J connectivity index is 1.64. The van der Waals surface area contributed by atoms with Gasteiger partial charge in [0.25, 0.3) is 5.91 Å². The molecule has 0 saturated carbocycles. The number of piperidine rings is 1. The second-order valence-electron chi connectivity index (χ2n) is 6.99. The van der Waals surface area contributed by atoms with Crippen LogP contribution in [0.2, 0.25) is 0 Å². The maximum Gasteiger partial charge on any atom is 0.416 e. The Morgan fingerprint density at radius 1 is 1.26 bits per heavy atom. The maximum absolute atomic E-state index is 13.1. The van der Waals surface area contributed by atoms with Crippen LogP contribution in [-0.2, 0) is 19.1 Å². The second kappa shape index (κ2) is 8.15. The third-order valence-electron chi connectivity index (χ3n) is 5.19. The number of rotatable bonds is 5. The van der Waals surface area contributed by atoms with Gasteiger partial charge < -0.3 is 4.90 Å². The minimum atomic E-state index is -4.33. The summed E-state index contributed by atoms with van der Waals surface area (Å²) in [4.78, 5) is 14.6. The molecule has 3 rings (SSSR count). The number of benzene rings is 1. The molecular weight excluding hydrogens is 355 g/mol. The summed E-state index contributed by atoms with van der Waals surface area (Å²) in [7, 11) is 0. The number of hydrogen-bond acceptors (Lipinski definition) is 2. The molecule has 0 spiro atoms. The van der Waals surface area contributed by atoms with E-state index in [0.29, 0.717) is 43.7 Å². The fourth-order valence-corrected chi connectivity index (χ4v) is 3.79. The van der Waals surface area contributed by atoms with Gasteiger partial charge in [-0.2, -0.15) is 18.3 Å². The van der Waals surface area contributed by atoms with Gasteiger partial charge in [-0.05, 0) is 56.2 Å².